The molecule has 1 rings (SSSR count). The Morgan fingerprint density at radius 1 is 0.806 bits per heavy atom. The van der Waals surface area contributed by atoms with Gasteiger partial charge in [-0.1, -0.05) is 6.07 Å². The molecule has 1 unspecified atom stereocenters. The van der Waals surface area contributed by atoms with E-state index in [1.165, 1.54) is 5.32 Å². The Balaban J connectivity index is 3.37. The molecule has 36 heavy (non-hydrogen) atoms. The maximum Gasteiger partial charge on any atom is 0.460 e. The van der Waals surface area contributed by atoms with Crippen LogP contribution in [-0.2, 0) is 9.22 Å². The molecule has 0 saturated heterocycles. The van der Waals surface area contributed by atoms with Crippen LogP contribution in [0.25, 0.3) is 0 Å². The predicted molar refractivity (Wildman–Crippen MR) is 131 cm³/mol. The van der Waals surface area contributed by atoms with Crippen molar-refractivity contribution in [2.75, 3.05) is 6.54 Å². The standard InChI is InChI=1S/C21H34F7NO4Si3/c1-34(2,3)31-15-11-10-14(12-16(15)32-35(4,5)6)17(33-36(7,8)9)13-29-18(30)19(22,23)20(24,25)21(26,27)28/h10-12,17H,13H2,1-9H3,(H,29,30). The van der Waals surface area contributed by atoms with E-state index in [4.69, 9.17) is 13.3 Å². The molecule has 1 N–H and O–H groups in total. The first-order valence-electron chi connectivity index (χ1n) is 11.1. The smallest absolute Gasteiger partial charge is 0.460 e. The van der Waals surface area contributed by atoms with Gasteiger partial charge >= 0.3 is 18.0 Å². The predicted octanol–water partition coefficient (Wildman–Crippen LogP) is 6.96. The van der Waals surface area contributed by atoms with E-state index in [2.05, 4.69) is 0 Å². The third-order valence-corrected chi connectivity index (χ3v) is 6.81. The molecule has 1 atom stereocenters. The van der Waals surface area contributed by atoms with Crippen molar-refractivity contribution in [3.05, 3.63) is 23.8 Å². The second-order valence-corrected chi connectivity index (χ2v) is 24.5. The summed E-state index contributed by atoms with van der Waals surface area (Å²) in [6.07, 6.45) is -7.74. The van der Waals surface area contributed by atoms with Gasteiger partial charge < -0.3 is 18.6 Å². The first-order chi connectivity index (χ1) is 15.8. The van der Waals surface area contributed by atoms with Crippen LogP contribution in [0.15, 0.2) is 18.2 Å². The van der Waals surface area contributed by atoms with Gasteiger partial charge in [-0.2, -0.15) is 30.7 Å². The van der Waals surface area contributed by atoms with Crippen LogP contribution in [0.4, 0.5) is 30.7 Å². The third-order valence-electron chi connectivity index (χ3n) is 4.15. The molecule has 5 nitrogen and oxygen atoms in total. The second-order valence-electron chi connectivity index (χ2n) is 11.2. The molecule has 0 aromatic heterocycles. The molecule has 0 aliphatic carbocycles. The van der Waals surface area contributed by atoms with Gasteiger partial charge in [0.1, 0.15) is 11.5 Å². The first-order valence-corrected chi connectivity index (χ1v) is 21.3. The van der Waals surface area contributed by atoms with Crippen molar-refractivity contribution >= 4 is 30.9 Å². The number of carbonyl (C=O) groups excluding carboxylic acids is 1. The van der Waals surface area contributed by atoms with Crippen molar-refractivity contribution in [1.82, 2.24) is 5.32 Å². The fraction of sp³-hybridized carbons (Fsp3) is 0.667. The van der Waals surface area contributed by atoms with Gasteiger partial charge in [-0.25, -0.2) is 0 Å². The molecular formula is C21H34F7NO4Si3. The summed E-state index contributed by atoms with van der Waals surface area (Å²) in [6, 6.07) is 4.69. The lowest BCUT2D eigenvalue weighted by atomic mass is 10.1. The Morgan fingerprint density at radius 2 is 1.28 bits per heavy atom. The van der Waals surface area contributed by atoms with Crippen LogP contribution in [0.3, 0.4) is 0 Å². The van der Waals surface area contributed by atoms with Crippen molar-refractivity contribution in [3.63, 3.8) is 0 Å². The van der Waals surface area contributed by atoms with Crippen LogP contribution in [0, 0.1) is 0 Å². The van der Waals surface area contributed by atoms with Gasteiger partial charge in [0.2, 0.25) is 16.6 Å². The number of nitrogens with one attached hydrogen (secondary N) is 1. The molecule has 0 heterocycles. The van der Waals surface area contributed by atoms with E-state index in [1.54, 1.807) is 37.8 Å². The lowest BCUT2D eigenvalue weighted by Gasteiger charge is -2.31. The summed E-state index contributed by atoms with van der Waals surface area (Å²) in [5.41, 5.74) is 0.347. The Hall–Kier alpha value is -1.59. The molecule has 0 aliphatic heterocycles. The minimum atomic E-state index is -6.61. The van der Waals surface area contributed by atoms with Crippen LogP contribution in [0.5, 0.6) is 11.5 Å². The summed E-state index contributed by atoms with van der Waals surface area (Å²) >= 11 is 0. The summed E-state index contributed by atoms with van der Waals surface area (Å²) in [6.45, 7) is 16.2. The fourth-order valence-electron chi connectivity index (χ4n) is 2.82. The van der Waals surface area contributed by atoms with Crippen LogP contribution < -0.4 is 14.2 Å². The lowest BCUT2D eigenvalue weighted by molar-refractivity contribution is -0.344. The minimum absolute atomic E-state index is 0.347. The maximum absolute atomic E-state index is 13.8. The van der Waals surface area contributed by atoms with Crippen LogP contribution in [0.2, 0.25) is 58.9 Å². The molecule has 0 bridgehead atoms. The van der Waals surface area contributed by atoms with Gasteiger partial charge in [0.25, 0.3) is 5.91 Å². The number of alkyl halides is 7. The highest BCUT2D eigenvalue weighted by Crippen LogP contribution is 2.46. The molecule has 0 saturated carbocycles. The lowest BCUT2D eigenvalue weighted by Crippen LogP contribution is -2.59. The van der Waals surface area contributed by atoms with Crippen molar-refractivity contribution < 1.29 is 48.8 Å². The van der Waals surface area contributed by atoms with E-state index in [1.807, 2.05) is 39.3 Å². The molecule has 15 heteroatoms. The SMILES string of the molecule is C[Si](C)(C)Oc1ccc(C(CNC(=O)C(F)(F)C(F)(F)C(F)(F)F)O[Si](C)(C)C)cc1O[Si](C)(C)C. The van der Waals surface area contributed by atoms with Crippen LogP contribution in [0.1, 0.15) is 11.7 Å². The average molecular weight is 582 g/mol. The van der Waals surface area contributed by atoms with Crippen molar-refractivity contribution in [1.29, 1.82) is 0 Å². The largest absolute Gasteiger partial charge is 0.542 e. The number of carbonyl (C=O) groups is 1. The highest BCUT2D eigenvalue weighted by atomic mass is 28.4. The minimum Gasteiger partial charge on any atom is -0.542 e. The number of hydrogen-bond acceptors (Lipinski definition) is 4. The number of amides is 1. The molecule has 1 aromatic rings. The molecule has 0 aliphatic rings. The number of hydrogen-bond donors (Lipinski definition) is 1. The zero-order valence-electron chi connectivity index (χ0n) is 21.8. The zero-order valence-corrected chi connectivity index (χ0v) is 24.8. The van der Waals surface area contributed by atoms with E-state index < -0.39 is 61.5 Å². The van der Waals surface area contributed by atoms with Crippen molar-refractivity contribution in [3.8, 4) is 11.5 Å². The highest BCUT2D eigenvalue weighted by Gasteiger charge is 2.76. The van der Waals surface area contributed by atoms with Gasteiger partial charge in [-0.05, 0) is 76.6 Å². The maximum atomic E-state index is 13.8. The average Bonchev–Trinajstić information content (AvgIpc) is 2.62. The van der Waals surface area contributed by atoms with E-state index >= 15 is 0 Å². The van der Waals surface area contributed by atoms with Crippen LogP contribution >= 0.6 is 0 Å². The fourth-order valence-corrected chi connectivity index (χ4v) is 5.54. The van der Waals surface area contributed by atoms with Gasteiger partial charge in [-0.3, -0.25) is 4.79 Å². The third kappa shape index (κ3) is 9.06. The molecule has 208 valence electrons. The van der Waals surface area contributed by atoms with E-state index in [0.717, 1.165) is 0 Å². The molecule has 0 spiro atoms. The molecule has 0 fully saturated rings. The summed E-state index contributed by atoms with van der Waals surface area (Å²) in [7, 11) is -6.66. The summed E-state index contributed by atoms with van der Waals surface area (Å²) in [5.74, 6) is -14.5. The Bertz CT molecular complexity index is 924. The van der Waals surface area contributed by atoms with Crippen molar-refractivity contribution in [2.45, 2.75) is 83.0 Å². The molecular weight excluding hydrogens is 547 g/mol. The summed E-state index contributed by atoms with van der Waals surface area (Å²) in [5, 5.41) is 1.51. The first kappa shape index (κ1) is 32.4. The summed E-state index contributed by atoms with van der Waals surface area (Å²) in [4.78, 5) is 11.8. The monoisotopic (exact) mass is 581 g/mol. The second kappa shape index (κ2) is 10.6. The van der Waals surface area contributed by atoms with Crippen LogP contribution in [-0.4, -0.2) is 55.4 Å². The zero-order chi connectivity index (χ0) is 28.5. The Morgan fingerprint density at radius 3 is 1.69 bits per heavy atom. The van der Waals surface area contributed by atoms with Gasteiger partial charge in [0.15, 0.2) is 8.32 Å². The number of halogens is 7. The van der Waals surface area contributed by atoms with E-state index in [9.17, 15) is 35.5 Å². The van der Waals surface area contributed by atoms with E-state index in [-0.39, 0.29) is 0 Å². The summed E-state index contributed by atoms with van der Waals surface area (Å²) < 4.78 is 110. The normalized spacial score (nSPS) is 14.9. The number of benzene rings is 1. The topological polar surface area (TPSA) is 56.8 Å². The Kier molecular flexibility index (Phi) is 9.60. The highest BCUT2D eigenvalue weighted by molar-refractivity contribution is 6.71. The van der Waals surface area contributed by atoms with E-state index in [0.29, 0.717) is 17.1 Å². The molecule has 1 aromatic carbocycles. The number of rotatable bonds is 11. The van der Waals surface area contributed by atoms with Gasteiger partial charge in [0.05, 0.1) is 6.10 Å². The quantitative estimate of drug-likeness (QED) is 0.227. The van der Waals surface area contributed by atoms with Gasteiger partial charge in [-0.15, -0.1) is 0 Å². The van der Waals surface area contributed by atoms with Crippen molar-refractivity contribution in [2.24, 2.45) is 0 Å². The Labute approximate surface area is 210 Å². The molecule has 1 amide bonds. The molecule has 0 radical (unpaired) electrons. The van der Waals surface area contributed by atoms with Gasteiger partial charge in [0, 0.05) is 6.54 Å².